The molecule has 6 atom stereocenters. The Hall–Kier alpha value is -1.09. The summed E-state index contributed by atoms with van der Waals surface area (Å²) < 4.78 is 5.84. The normalized spacial score (nSPS) is 35.8. The van der Waals surface area contributed by atoms with Gasteiger partial charge in [-0.25, -0.2) is 0 Å². The number of ether oxygens (including phenoxy) is 1. The Morgan fingerprint density at radius 1 is 1.41 bits per heavy atom. The van der Waals surface area contributed by atoms with E-state index >= 15 is 0 Å². The standard InChI is InChI=1S/C19H30O3/c1-6-12(4)19(21)22-16-10-15(20)9-14-8-7-13(5)17(11(2)3)18(14)16/h7-9,11-13,15-18,20H,6,10H2,1-5H3/t12?,13?,15?,16-,17?,18?/m0/s1. The van der Waals surface area contributed by atoms with Crippen molar-refractivity contribution in [2.75, 3.05) is 0 Å². The summed E-state index contributed by atoms with van der Waals surface area (Å²) in [7, 11) is 0. The van der Waals surface area contributed by atoms with E-state index in [2.05, 4.69) is 32.9 Å². The van der Waals surface area contributed by atoms with E-state index in [0.29, 0.717) is 24.2 Å². The van der Waals surface area contributed by atoms with E-state index in [0.717, 1.165) is 12.0 Å². The molecule has 0 aromatic carbocycles. The van der Waals surface area contributed by atoms with Gasteiger partial charge in [-0.15, -0.1) is 0 Å². The number of aliphatic hydroxyl groups is 1. The van der Waals surface area contributed by atoms with E-state index in [1.165, 1.54) is 0 Å². The van der Waals surface area contributed by atoms with Crippen LogP contribution in [0.3, 0.4) is 0 Å². The summed E-state index contributed by atoms with van der Waals surface area (Å²) in [6.45, 7) is 10.6. The molecule has 124 valence electrons. The third kappa shape index (κ3) is 3.45. The maximum atomic E-state index is 12.2. The number of hydrogen-bond donors (Lipinski definition) is 1. The Morgan fingerprint density at radius 3 is 2.68 bits per heavy atom. The molecule has 0 bridgehead atoms. The summed E-state index contributed by atoms with van der Waals surface area (Å²) >= 11 is 0. The van der Waals surface area contributed by atoms with E-state index in [-0.39, 0.29) is 23.9 Å². The fourth-order valence-electron chi connectivity index (χ4n) is 3.93. The lowest BCUT2D eigenvalue weighted by Gasteiger charge is -2.44. The molecule has 0 aromatic heterocycles. The van der Waals surface area contributed by atoms with Crippen LogP contribution < -0.4 is 0 Å². The Balaban J connectivity index is 2.28. The van der Waals surface area contributed by atoms with Gasteiger partial charge in [0, 0.05) is 12.3 Å². The molecule has 3 nitrogen and oxygen atoms in total. The van der Waals surface area contributed by atoms with Gasteiger partial charge in [0.15, 0.2) is 0 Å². The maximum Gasteiger partial charge on any atom is 0.308 e. The molecule has 1 N–H and O–H groups in total. The number of fused-ring (bicyclic) bond motifs is 1. The molecule has 2 aliphatic rings. The van der Waals surface area contributed by atoms with Crippen LogP contribution in [-0.2, 0) is 9.53 Å². The van der Waals surface area contributed by atoms with Crippen LogP contribution in [0.2, 0.25) is 0 Å². The summed E-state index contributed by atoms with van der Waals surface area (Å²) in [6.07, 6.45) is 6.84. The fourth-order valence-corrected chi connectivity index (χ4v) is 3.93. The van der Waals surface area contributed by atoms with E-state index < -0.39 is 6.10 Å². The third-order valence-electron chi connectivity index (χ3n) is 5.31. The lowest BCUT2D eigenvalue weighted by Crippen LogP contribution is -2.44. The first-order valence-corrected chi connectivity index (χ1v) is 8.63. The molecule has 22 heavy (non-hydrogen) atoms. The lowest BCUT2D eigenvalue weighted by molar-refractivity contribution is -0.159. The zero-order chi connectivity index (χ0) is 16.4. The summed E-state index contributed by atoms with van der Waals surface area (Å²) in [5, 5.41) is 10.1. The first-order chi connectivity index (χ1) is 10.3. The molecule has 0 aliphatic heterocycles. The van der Waals surface area contributed by atoms with Crippen molar-refractivity contribution in [3.63, 3.8) is 0 Å². The molecular formula is C19H30O3. The monoisotopic (exact) mass is 306 g/mol. The molecule has 2 aliphatic carbocycles. The molecule has 0 heterocycles. The van der Waals surface area contributed by atoms with Gasteiger partial charge in [0.2, 0.25) is 0 Å². The topological polar surface area (TPSA) is 46.5 Å². The molecule has 3 heteroatoms. The van der Waals surface area contributed by atoms with Crippen molar-refractivity contribution < 1.29 is 14.6 Å². The molecule has 5 unspecified atom stereocenters. The van der Waals surface area contributed by atoms with E-state index in [1.807, 2.05) is 19.9 Å². The Bertz CT molecular complexity index is 463. The summed E-state index contributed by atoms with van der Waals surface area (Å²) in [5.74, 6) is 1.40. The molecule has 0 radical (unpaired) electrons. The smallest absolute Gasteiger partial charge is 0.308 e. The van der Waals surface area contributed by atoms with Crippen molar-refractivity contribution in [1.82, 2.24) is 0 Å². The SMILES string of the molecule is CCC(C)C(=O)O[C@H]1CC(O)C=C2C=CC(C)C(C(C)C)C21. The molecule has 0 spiro atoms. The van der Waals surface area contributed by atoms with Crippen LogP contribution in [0.25, 0.3) is 0 Å². The van der Waals surface area contributed by atoms with Crippen LogP contribution in [0.15, 0.2) is 23.8 Å². The number of esters is 1. The maximum absolute atomic E-state index is 12.2. The van der Waals surface area contributed by atoms with Crippen LogP contribution in [0.5, 0.6) is 0 Å². The zero-order valence-corrected chi connectivity index (χ0v) is 14.5. The van der Waals surface area contributed by atoms with Gasteiger partial charge >= 0.3 is 5.97 Å². The van der Waals surface area contributed by atoms with Crippen molar-refractivity contribution in [2.24, 2.45) is 29.6 Å². The highest BCUT2D eigenvalue weighted by atomic mass is 16.5. The molecule has 0 saturated carbocycles. The minimum Gasteiger partial charge on any atom is -0.461 e. The predicted octanol–water partition coefficient (Wildman–Crippen LogP) is 3.73. The van der Waals surface area contributed by atoms with Crippen molar-refractivity contribution in [2.45, 2.75) is 59.7 Å². The minimum absolute atomic E-state index is 0.0828. The summed E-state index contributed by atoms with van der Waals surface area (Å²) in [4.78, 5) is 12.2. The van der Waals surface area contributed by atoms with Crippen molar-refractivity contribution in [3.05, 3.63) is 23.8 Å². The molecule has 2 rings (SSSR count). The van der Waals surface area contributed by atoms with Gasteiger partial charge < -0.3 is 9.84 Å². The molecule has 0 aromatic rings. The number of carbonyl (C=O) groups is 1. The fraction of sp³-hybridized carbons (Fsp3) is 0.737. The second-order valence-electron chi connectivity index (χ2n) is 7.32. The Morgan fingerprint density at radius 2 is 2.09 bits per heavy atom. The molecular weight excluding hydrogens is 276 g/mol. The highest BCUT2D eigenvalue weighted by Crippen LogP contribution is 2.44. The average molecular weight is 306 g/mol. The second kappa shape index (κ2) is 6.99. The number of carbonyl (C=O) groups excluding carboxylic acids is 1. The van der Waals surface area contributed by atoms with E-state index in [9.17, 15) is 9.90 Å². The second-order valence-corrected chi connectivity index (χ2v) is 7.32. The van der Waals surface area contributed by atoms with Crippen LogP contribution >= 0.6 is 0 Å². The van der Waals surface area contributed by atoms with Gasteiger partial charge in [-0.05, 0) is 29.7 Å². The van der Waals surface area contributed by atoms with Crippen molar-refractivity contribution in [1.29, 1.82) is 0 Å². The van der Waals surface area contributed by atoms with Crippen LogP contribution in [0.4, 0.5) is 0 Å². The van der Waals surface area contributed by atoms with Gasteiger partial charge in [-0.1, -0.05) is 52.8 Å². The highest BCUT2D eigenvalue weighted by molar-refractivity contribution is 5.72. The Labute approximate surface area is 134 Å². The molecule has 0 amide bonds. The minimum atomic E-state index is -0.521. The van der Waals surface area contributed by atoms with Gasteiger partial charge in [0.1, 0.15) is 6.10 Å². The number of rotatable bonds is 4. The molecule has 0 saturated heterocycles. The average Bonchev–Trinajstić information content (AvgIpc) is 2.46. The first kappa shape index (κ1) is 17.3. The van der Waals surface area contributed by atoms with E-state index in [4.69, 9.17) is 4.74 Å². The quantitative estimate of drug-likeness (QED) is 0.805. The third-order valence-corrected chi connectivity index (χ3v) is 5.31. The van der Waals surface area contributed by atoms with Gasteiger partial charge in [0.05, 0.1) is 12.0 Å². The summed E-state index contributed by atoms with van der Waals surface area (Å²) in [5.41, 5.74) is 1.14. The largest absolute Gasteiger partial charge is 0.461 e. The number of aliphatic hydroxyl groups excluding tert-OH is 1. The predicted molar refractivity (Wildman–Crippen MR) is 88.2 cm³/mol. The first-order valence-electron chi connectivity index (χ1n) is 8.63. The van der Waals surface area contributed by atoms with Crippen molar-refractivity contribution >= 4 is 5.97 Å². The number of allylic oxidation sites excluding steroid dienone is 2. The lowest BCUT2D eigenvalue weighted by atomic mass is 9.64. The van der Waals surface area contributed by atoms with Crippen molar-refractivity contribution in [3.8, 4) is 0 Å². The number of hydrogen-bond acceptors (Lipinski definition) is 3. The highest BCUT2D eigenvalue weighted by Gasteiger charge is 2.43. The zero-order valence-electron chi connectivity index (χ0n) is 14.5. The van der Waals surface area contributed by atoms with Crippen LogP contribution in [-0.4, -0.2) is 23.3 Å². The Kier molecular flexibility index (Phi) is 5.49. The molecule has 0 fully saturated rings. The van der Waals surface area contributed by atoms with Crippen LogP contribution in [0.1, 0.15) is 47.5 Å². The van der Waals surface area contributed by atoms with E-state index in [1.54, 1.807) is 0 Å². The van der Waals surface area contributed by atoms with Gasteiger partial charge in [-0.3, -0.25) is 4.79 Å². The van der Waals surface area contributed by atoms with Crippen LogP contribution in [0, 0.1) is 29.6 Å². The summed E-state index contributed by atoms with van der Waals surface area (Å²) in [6, 6.07) is 0. The van der Waals surface area contributed by atoms with Gasteiger partial charge in [0.25, 0.3) is 0 Å². The van der Waals surface area contributed by atoms with Gasteiger partial charge in [-0.2, -0.15) is 0 Å².